The number of rotatable bonds is 3. The fourth-order valence-electron chi connectivity index (χ4n) is 1.09. The zero-order valence-corrected chi connectivity index (χ0v) is 9.61. The van der Waals surface area contributed by atoms with Gasteiger partial charge in [0.15, 0.2) is 5.16 Å². The van der Waals surface area contributed by atoms with E-state index in [2.05, 4.69) is 15.0 Å². The first-order valence-corrected chi connectivity index (χ1v) is 5.62. The first-order valence-electron chi connectivity index (χ1n) is 4.80. The Labute approximate surface area is 97.8 Å². The van der Waals surface area contributed by atoms with Crippen molar-refractivity contribution in [2.45, 2.75) is 23.7 Å². The first kappa shape index (κ1) is 11.0. The summed E-state index contributed by atoms with van der Waals surface area (Å²) >= 11 is 1.40. The number of aryl methyl sites for hydroxylation is 1. The molecule has 0 saturated heterocycles. The van der Waals surface area contributed by atoms with Gasteiger partial charge in [-0.1, -0.05) is 6.07 Å². The molecule has 0 spiro atoms. The van der Waals surface area contributed by atoms with Gasteiger partial charge in [0, 0.05) is 18.6 Å². The summed E-state index contributed by atoms with van der Waals surface area (Å²) in [6.07, 6.45) is 5.20. The van der Waals surface area contributed by atoms with Gasteiger partial charge in [-0.15, -0.1) is 0 Å². The predicted octanol–water partition coefficient (Wildman–Crippen LogP) is 1.82. The average Bonchev–Trinajstić information content (AvgIpc) is 2.33. The van der Waals surface area contributed by atoms with Crippen LogP contribution in [0.15, 0.2) is 40.9 Å². The molecule has 2 aromatic rings. The van der Waals surface area contributed by atoms with Crippen LogP contribution in [0, 0.1) is 6.92 Å². The van der Waals surface area contributed by atoms with Crippen molar-refractivity contribution in [1.82, 2.24) is 15.0 Å². The van der Waals surface area contributed by atoms with Crippen LogP contribution in [0.3, 0.4) is 0 Å². The number of aliphatic hydroxyl groups is 1. The fourth-order valence-corrected chi connectivity index (χ4v) is 1.73. The Bertz CT molecular complexity index is 456. The van der Waals surface area contributed by atoms with Crippen molar-refractivity contribution >= 4 is 11.8 Å². The highest BCUT2D eigenvalue weighted by atomic mass is 32.2. The molecule has 0 aliphatic rings. The molecule has 0 aliphatic heterocycles. The number of hydrogen-bond acceptors (Lipinski definition) is 5. The van der Waals surface area contributed by atoms with Crippen LogP contribution in [-0.4, -0.2) is 20.1 Å². The number of aromatic nitrogens is 3. The predicted molar refractivity (Wildman–Crippen MR) is 61.1 cm³/mol. The number of aliphatic hydroxyl groups excluding tert-OH is 1. The molecule has 0 unspecified atom stereocenters. The van der Waals surface area contributed by atoms with Gasteiger partial charge in [-0.05, 0) is 35.9 Å². The molecule has 82 valence electrons. The van der Waals surface area contributed by atoms with Crippen molar-refractivity contribution in [3.63, 3.8) is 0 Å². The van der Waals surface area contributed by atoms with E-state index in [0.29, 0.717) is 5.16 Å². The molecule has 2 rings (SSSR count). The van der Waals surface area contributed by atoms with Crippen LogP contribution >= 0.6 is 11.8 Å². The van der Waals surface area contributed by atoms with Gasteiger partial charge in [-0.3, -0.25) is 0 Å². The summed E-state index contributed by atoms with van der Waals surface area (Å²) in [7, 11) is 0. The van der Waals surface area contributed by atoms with E-state index >= 15 is 0 Å². The van der Waals surface area contributed by atoms with Crippen LogP contribution in [0.1, 0.15) is 11.1 Å². The molecule has 0 aliphatic carbocycles. The molecule has 0 amide bonds. The highest BCUT2D eigenvalue weighted by Crippen LogP contribution is 2.21. The van der Waals surface area contributed by atoms with Gasteiger partial charge in [0.1, 0.15) is 5.03 Å². The van der Waals surface area contributed by atoms with Crippen LogP contribution in [0.2, 0.25) is 0 Å². The zero-order valence-electron chi connectivity index (χ0n) is 8.79. The van der Waals surface area contributed by atoms with Crippen molar-refractivity contribution in [2.24, 2.45) is 0 Å². The summed E-state index contributed by atoms with van der Waals surface area (Å²) in [6, 6.07) is 3.68. The largest absolute Gasteiger partial charge is 0.392 e. The first-order chi connectivity index (χ1) is 7.78. The van der Waals surface area contributed by atoms with Crippen molar-refractivity contribution < 1.29 is 5.11 Å². The summed E-state index contributed by atoms with van der Waals surface area (Å²) in [4.78, 5) is 12.5. The van der Waals surface area contributed by atoms with Gasteiger partial charge in [0.2, 0.25) is 0 Å². The van der Waals surface area contributed by atoms with E-state index < -0.39 is 0 Å². The van der Waals surface area contributed by atoms with Crippen LogP contribution in [-0.2, 0) is 6.61 Å². The van der Waals surface area contributed by atoms with Gasteiger partial charge < -0.3 is 5.11 Å². The van der Waals surface area contributed by atoms with Crippen molar-refractivity contribution in [2.75, 3.05) is 0 Å². The van der Waals surface area contributed by atoms with Crippen molar-refractivity contribution in [1.29, 1.82) is 0 Å². The lowest BCUT2D eigenvalue weighted by molar-refractivity contribution is 0.281. The van der Waals surface area contributed by atoms with Crippen LogP contribution in [0.4, 0.5) is 0 Å². The number of pyridine rings is 1. The maximum atomic E-state index is 8.88. The maximum Gasteiger partial charge on any atom is 0.193 e. The topological polar surface area (TPSA) is 58.9 Å². The Morgan fingerprint density at radius 2 is 1.88 bits per heavy atom. The Hall–Kier alpha value is -1.46. The van der Waals surface area contributed by atoms with Gasteiger partial charge in [-0.2, -0.15) is 0 Å². The molecule has 1 N–H and O–H groups in total. The van der Waals surface area contributed by atoms with Gasteiger partial charge in [0.05, 0.1) is 6.61 Å². The number of nitrogens with zero attached hydrogens (tertiary/aromatic N) is 3. The second-order valence-corrected chi connectivity index (χ2v) is 4.30. The summed E-state index contributed by atoms with van der Waals surface area (Å²) in [5.74, 6) is 0. The normalized spacial score (nSPS) is 10.4. The Morgan fingerprint density at radius 1 is 1.12 bits per heavy atom. The van der Waals surface area contributed by atoms with Gasteiger partial charge in [-0.25, -0.2) is 15.0 Å². The van der Waals surface area contributed by atoms with Crippen LogP contribution < -0.4 is 0 Å². The lowest BCUT2D eigenvalue weighted by Gasteiger charge is -2.00. The molecule has 0 aromatic carbocycles. The van der Waals surface area contributed by atoms with E-state index in [1.807, 2.05) is 19.1 Å². The average molecular weight is 233 g/mol. The Morgan fingerprint density at radius 3 is 2.44 bits per heavy atom. The SMILES string of the molecule is Cc1cnc(Sc2ccc(CO)cn2)nc1. The van der Waals surface area contributed by atoms with Gasteiger partial charge >= 0.3 is 0 Å². The standard InChI is InChI=1S/C11H11N3OS/c1-8-4-13-11(14-5-8)16-10-3-2-9(7-15)6-12-10/h2-6,15H,7H2,1H3. The smallest absolute Gasteiger partial charge is 0.193 e. The second kappa shape index (κ2) is 5.05. The zero-order chi connectivity index (χ0) is 11.4. The molecule has 0 saturated carbocycles. The molecule has 2 heterocycles. The number of hydrogen-bond donors (Lipinski definition) is 1. The van der Waals surface area contributed by atoms with E-state index in [1.165, 1.54) is 11.8 Å². The molecule has 4 nitrogen and oxygen atoms in total. The molecule has 0 fully saturated rings. The minimum atomic E-state index is 0.0129. The van der Waals surface area contributed by atoms with E-state index in [-0.39, 0.29) is 6.61 Å². The summed E-state index contributed by atoms with van der Waals surface area (Å²) in [6.45, 7) is 1.96. The van der Waals surface area contributed by atoms with E-state index in [0.717, 1.165) is 16.2 Å². The summed E-state index contributed by atoms with van der Waals surface area (Å²) in [5, 5.41) is 10.4. The molecule has 2 aromatic heterocycles. The van der Waals surface area contributed by atoms with E-state index in [1.54, 1.807) is 18.6 Å². The third-order valence-corrected chi connectivity index (χ3v) is 2.78. The molecule has 0 atom stereocenters. The van der Waals surface area contributed by atoms with Crippen LogP contribution in [0.5, 0.6) is 0 Å². The molecule has 5 heteroatoms. The monoisotopic (exact) mass is 233 g/mol. The maximum absolute atomic E-state index is 8.88. The highest BCUT2D eigenvalue weighted by molar-refractivity contribution is 7.99. The van der Waals surface area contributed by atoms with Gasteiger partial charge in [0.25, 0.3) is 0 Å². The molecule has 0 radical (unpaired) electrons. The van der Waals surface area contributed by atoms with Crippen LogP contribution in [0.25, 0.3) is 0 Å². The fraction of sp³-hybridized carbons (Fsp3) is 0.182. The second-order valence-electron chi connectivity index (χ2n) is 3.31. The Balaban J connectivity index is 2.11. The van der Waals surface area contributed by atoms with E-state index in [9.17, 15) is 0 Å². The molecular formula is C11H11N3OS. The molecular weight excluding hydrogens is 222 g/mol. The quantitative estimate of drug-likeness (QED) is 0.819. The summed E-state index contributed by atoms with van der Waals surface area (Å²) < 4.78 is 0. The lowest BCUT2D eigenvalue weighted by atomic mass is 10.3. The van der Waals surface area contributed by atoms with E-state index in [4.69, 9.17) is 5.11 Å². The molecule has 16 heavy (non-hydrogen) atoms. The lowest BCUT2D eigenvalue weighted by Crippen LogP contribution is -1.89. The third-order valence-electron chi connectivity index (χ3n) is 1.93. The van der Waals surface area contributed by atoms with Crippen molar-refractivity contribution in [3.8, 4) is 0 Å². The Kier molecular flexibility index (Phi) is 3.48. The van der Waals surface area contributed by atoms with Crippen molar-refractivity contribution in [3.05, 3.63) is 41.9 Å². The highest BCUT2D eigenvalue weighted by Gasteiger charge is 2.01. The minimum Gasteiger partial charge on any atom is -0.392 e. The minimum absolute atomic E-state index is 0.0129. The third kappa shape index (κ3) is 2.77. The summed E-state index contributed by atoms with van der Waals surface area (Å²) in [5.41, 5.74) is 1.84. The molecule has 0 bridgehead atoms.